The third kappa shape index (κ3) is 4.86. The van der Waals surface area contributed by atoms with Crippen LogP contribution in [0.1, 0.15) is 34.3 Å². The van der Waals surface area contributed by atoms with E-state index in [1.807, 2.05) is 4.90 Å². The molecular formula is C28H32FN5O4. The zero-order valence-corrected chi connectivity index (χ0v) is 21.3. The smallest absolute Gasteiger partial charge is 0.255 e. The van der Waals surface area contributed by atoms with Crippen molar-refractivity contribution in [3.05, 3.63) is 58.9 Å². The molecule has 2 aromatic carbocycles. The molecule has 0 radical (unpaired) electrons. The summed E-state index contributed by atoms with van der Waals surface area (Å²) < 4.78 is 20.7. The highest BCUT2D eigenvalue weighted by atomic mass is 19.1. The van der Waals surface area contributed by atoms with Gasteiger partial charge in [0.25, 0.3) is 5.91 Å². The third-order valence-electron chi connectivity index (χ3n) is 8.00. The first-order chi connectivity index (χ1) is 18.5. The van der Waals surface area contributed by atoms with Gasteiger partial charge in [-0.25, -0.2) is 4.39 Å². The highest BCUT2D eigenvalue weighted by molar-refractivity contribution is 6.05. The first-order valence-electron chi connectivity index (χ1n) is 13.3. The third-order valence-corrected chi connectivity index (χ3v) is 8.00. The lowest BCUT2D eigenvalue weighted by Crippen LogP contribution is -2.52. The molecule has 9 nitrogen and oxygen atoms in total. The van der Waals surface area contributed by atoms with Crippen molar-refractivity contribution < 1.29 is 23.5 Å². The molecule has 6 rings (SSSR count). The number of nitrogens with one attached hydrogen (secondary N) is 1. The lowest BCUT2D eigenvalue weighted by atomic mass is 10.0. The zero-order valence-electron chi connectivity index (χ0n) is 21.3. The summed E-state index contributed by atoms with van der Waals surface area (Å²) in [5.74, 6) is -1.57. The minimum Gasteiger partial charge on any atom is -0.378 e. The van der Waals surface area contributed by atoms with Gasteiger partial charge >= 0.3 is 0 Å². The van der Waals surface area contributed by atoms with E-state index in [0.29, 0.717) is 24.3 Å². The number of benzene rings is 2. The van der Waals surface area contributed by atoms with Crippen LogP contribution in [0.5, 0.6) is 0 Å². The number of hydrogen-bond donors (Lipinski definition) is 1. The lowest BCUT2D eigenvalue weighted by molar-refractivity contribution is -0.136. The number of morpholine rings is 1. The Morgan fingerprint density at radius 3 is 2.50 bits per heavy atom. The summed E-state index contributed by atoms with van der Waals surface area (Å²) in [5.41, 5.74) is 4.01. The van der Waals surface area contributed by atoms with E-state index in [-0.39, 0.29) is 31.2 Å². The van der Waals surface area contributed by atoms with E-state index in [1.165, 1.54) is 22.2 Å². The molecule has 3 amide bonds. The molecule has 0 spiro atoms. The number of carbonyl (C=O) groups excluding carboxylic acids is 3. The topological polar surface area (TPSA) is 85.4 Å². The van der Waals surface area contributed by atoms with Crippen molar-refractivity contribution >= 4 is 29.1 Å². The molecule has 4 aliphatic heterocycles. The van der Waals surface area contributed by atoms with Gasteiger partial charge in [-0.3, -0.25) is 24.6 Å². The van der Waals surface area contributed by atoms with Crippen molar-refractivity contribution in [2.45, 2.75) is 32.0 Å². The molecule has 1 unspecified atom stereocenters. The number of ether oxygens (including phenoxy) is 1. The Morgan fingerprint density at radius 1 is 0.947 bits per heavy atom. The van der Waals surface area contributed by atoms with Crippen molar-refractivity contribution in [3.63, 3.8) is 0 Å². The van der Waals surface area contributed by atoms with Gasteiger partial charge in [-0.2, -0.15) is 0 Å². The van der Waals surface area contributed by atoms with E-state index in [2.05, 4.69) is 39.4 Å². The predicted octanol–water partition coefficient (Wildman–Crippen LogP) is 1.75. The Bertz CT molecular complexity index is 1260. The number of hydrogen-bond acceptors (Lipinski definition) is 7. The van der Waals surface area contributed by atoms with E-state index in [4.69, 9.17) is 4.74 Å². The van der Waals surface area contributed by atoms with Crippen LogP contribution in [0.2, 0.25) is 0 Å². The average Bonchev–Trinajstić information content (AvgIpc) is 3.24. The molecule has 3 fully saturated rings. The van der Waals surface area contributed by atoms with Gasteiger partial charge < -0.3 is 19.4 Å². The Kier molecular flexibility index (Phi) is 6.75. The predicted molar refractivity (Wildman–Crippen MR) is 139 cm³/mol. The number of halogens is 1. The quantitative estimate of drug-likeness (QED) is 0.600. The summed E-state index contributed by atoms with van der Waals surface area (Å²) in [5, 5.41) is 2.30. The van der Waals surface area contributed by atoms with Gasteiger partial charge in [0.1, 0.15) is 11.9 Å². The first-order valence-corrected chi connectivity index (χ1v) is 13.3. The summed E-state index contributed by atoms with van der Waals surface area (Å²) in [6.07, 6.45) is 0.481. The normalized spacial score (nSPS) is 22.6. The molecule has 38 heavy (non-hydrogen) atoms. The molecule has 0 bridgehead atoms. The molecule has 2 aromatic rings. The summed E-state index contributed by atoms with van der Waals surface area (Å²) in [6.45, 7) is 7.40. The molecule has 0 aromatic heterocycles. The highest BCUT2D eigenvalue weighted by Gasteiger charge is 2.40. The fourth-order valence-electron chi connectivity index (χ4n) is 5.90. The molecular weight excluding hydrogens is 489 g/mol. The van der Waals surface area contributed by atoms with E-state index in [9.17, 15) is 14.4 Å². The Hall–Kier alpha value is -3.50. The van der Waals surface area contributed by atoms with Crippen molar-refractivity contribution in [3.8, 4) is 0 Å². The van der Waals surface area contributed by atoms with Gasteiger partial charge in [-0.15, -0.1) is 0 Å². The fourth-order valence-corrected chi connectivity index (χ4v) is 5.90. The van der Waals surface area contributed by atoms with Gasteiger partial charge in [0.15, 0.2) is 0 Å². The van der Waals surface area contributed by atoms with Crippen LogP contribution in [0.25, 0.3) is 0 Å². The van der Waals surface area contributed by atoms with Crippen LogP contribution in [-0.4, -0.2) is 86.0 Å². The van der Waals surface area contributed by atoms with E-state index in [0.717, 1.165) is 51.5 Å². The minimum atomic E-state index is -0.704. The second kappa shape index (κ2) is 10.3. The van der Waals surface area contributed by atoms with Gasteiger partial charge in [0.05, 0.1) is 18.9 Å². The van der Waals surface area contributed by atoms with Crippen LogP contribution in [0.15, 0.2) is 36.4 Å². The molecule has 3 saturated heterocycles. The molecule has 0 aliphatic carbocycles. The number of piperazine rings is 1. The SMILES string of the molecule is O=C1CCC(N2Cc3cc(N4CCN(Cc5cccc(N6CCOCC6)c5)CC4)c(F)cc3C2=O)C(=O)N1. The van der Waals surface area contributed by atoms with Crippen LogP contribution in [-0.2, 0) is 27.4 Å². The number of piperidine rings is 1. The van der Waals surface area contributed by atoms with E-state index < -0.39 is 17.8 Å². The zero-order chi connectivity index (χ0) is 26.2. The standard InChI is InChI=1S/C28H32FN5O4/c29-23-16-22-20(18-34(28(22)37)24-4-5-26(35)30-27(24)36)15-25(23)33-8-6-31(7-9-33)17-19-2-1-3-21(14-19)32-10-12-38-13-11-32/h1-3,14-16,24H,4-13,17-18H2,(H,30,35,36). The maximum Gasteiger partial charge on any atom is 0.255 e. The minimum absolute atomic E-state index is 0.192. The van der Waals surface area contributed by atoms with Crippen LogP contribution in [0, 0.1) is 5.82 Å². The fraction of sp³-hybridized carbons (Fsp3) is 0.464. The van der Waals surface area contributed by atoms with Gasteiger partial charge in [-0.05, 0) is 41.8 Å². The maximum absolute atomic E-state index is 15.2. The number of anilines is 2. The van der Waals surface area contributed by atoms with Crippen molar-refractivity contribution in [2.75, 3.05) is 62.3 Å². The summed E-state index contributed by atoms with van der Waals surface area (Å²) >= 11 is 0. The van der Waals surface area contributed by atoms with Crippen molar-refractivity contribution in [1.82, 2.24) is 15.1 Å². The number of amides is 3. The average molecular weight is 522 g/mol. The monoisotopic (exact) mass is 521 g/mol. The number of imide groups is 1. The number of rotatable bonds is 5. The summed E-state index contributed by atoms with van der Waals surface area (Å²) in [7, 11) is 0. The van der Waals surface area contributed by atoms with Gasteiger partial charge in [-0.1, -0.05) is 12.1 Å². The van der Waals surface area contributed by atoms with Crippen LogP contribution < -0.4 is 15.1 Å². The largest absolute Gasteiger partial charge is 0.378 e. The molecule has 4 aliphatic rings. The highest BCUT2D eigenvalue weighted by Crippen LogP contribution is 2.33. The number of nitrogens with zero attached hydrogens (tertiary/aromatic N) is 4. The van der Waals surface area contributed by atoms with E-state index in [1.54, 1.807) is 6.07 Å². The summed E-state index contributed by atoms with van der Waals surface area (Å²) in [4.78, 5) is 45.0. The van der Waals surface area contributed by atoms with Gasteiger partial charge in [0.2, 0.25) is 11.8 Å². The molecule has 4 heterocycles. The van der Waals surface area contributed by atoms with Gasteiger partial charge in [0, 0.05) is 70.0 Å². The molecule has 200 valence electrons. The second-order valence-corrected chi connectivity index (χ2v) is 10.4. The molecule has 1 N–H and O–H groups in total. The number of carbonyl (C=O) groups is 3. The van der Waals surface area contributed by atoms with Crippen LogP contribution in [0.3, 0.4) is 0 Å². The van der Waals surface area contributed by atoms with Crippen molar-refractivity contribution in [1.29, 1.82) is 0 Å². The second-order valence-electron chi connectivity index (χ2n) is 10.4. The first kappa shape index (κ1) is 24.8. The summed E-state index contributed by atoms with van der Waals surface area (Å²) in [6, 6.07) is 11.0. The maximum atomic E-state index is 15.2. The Morgan fingerprint density at radius 2 is 1.74 bits per heavy atom. The molecule has 10 heteroatoms. The van der Waals surface area contributed by atoms with Crippen LogP contribution in [0.4, 0.5) is 15.8 Å². The van der Waals surface area contributed by atoms with E-state index >= 15 is 4.39 Å². The van der Waals surface area contributed by atoms with Crippen molar-refractivity contribution in [2.24, 2.45) is 0 Å². The number of fused-ring (bicyclic) bond motifs is 1. The van der Waals surface area contributed by atoms with Crippen LogP contribution >= 0.6 is 0 Å². The lowest BCUT2D eigenvalue weighted by Gasteiger charge is -2.36. The Labute approximate surface area is 221 Å². The molecule has 1 atom stereocenters. The molecule has 0 saturated carbocycles. The Balaban J connectivity index is 1.09.